The van der Waals surface area contributed by atoms with Gasteiger partial charge in [0.1, 0.15) is 0 Å². The van der Waals surface area contributed by atoms with Gasteiger partial charge in [0.05, 0.1) is 0 Å². The van der Waals surface area contributed by atoms with Crippen molar-refractivity contribution in [3.05, 3.63) is 161 Å². The minimum atomic E-state index is -4.67. The first kappa shape index (κ1) is 34.0. The van der Waals surface area contributed by atoms with Crippen LogP contribution >= 0.6 is 6.60 Å². The maximum atomic E-state index is 15.6. The Labute approximate surface area is 289 Å². The number of β-lactam (4-membered cyclic amide) rings is 1. The molecule has 10 nitrogen and oxygen atoms in total. The summed E-state index contributed by atoms with van der Waals surface area (Å²) in [4.78, 5) is 55.3. The Balaban J connectivity index is 1.59. The third-order valence-electron chi connectivity index (χ3n) is 9.59. The second-order valence-corrected chi connectivity index (χ2v) is 16.9. The van der Waals surface area contributed by atoms with Crippen LogP contribution in [0.3, 0.4) is 0 Å². The second kappa shape index (κ2) is 13.9. The van der Waals surface area contributed by atoms with Gasteiger partial charge >= 0.3 is 289 Å². The van der Waals surface area contributed by atoms with Gasteiger partial charge in [-0.3, -0.25) is 0 Å². The van der Waals surface area contributed by atoms with Crippen molar-refractivity contribution in [1.29, 1.82) is 0 Å². The Morgan fingerprint density at radius 3 is 1.78 bits per heavy atom. The number of hydrogen-bond donors (Lipinski definition) is 1. The molecule has 11 heteroatoms. The summed E-state index contributed by atoms with van der Waals surface area (Å²) < 4.78 is 11.5. The number of carbonyl (C=O) groups excluding carboxylic acids is 2. The van der Waals surface area contributed by atoms with Gasteiger partial charge in [-0.2, -0.15) is 0 Å². The molecule has 0 spiro atoms. The van der Waals surface area contributed by atoms with Crippen molar-refractivity contribution < 1.29 is 33.9 Å². The van der Waals surface area contributed by atoms with Crippen LogP contribution in [-0.2, 0) is 20.9 Å². The van der Waals surface area contributed by atoms with Crippen LogP contribution in [0.15, 0.2) is 140 Å². The zero-order valence-electron chi connectivity index (χ0n) is 27.2. The number of likely N-dealkylation sites (tertiary alicyclic amines) is 1. The fourth-order valence-corrected chi connectivity index (χ4v) is 13.0. The maximum absolute atomic E-state index is 15.6. The number of carbonyl (C=O) groups is 3. The molecular formula is C39H35N2O8P. The summed E-state index contributed by atoms with van der Waals surface area (Å²) in [5, 5.41) is 24.3. The van der Waals surface area contributed by atoms with Crippen LogP contribution in [0.1, 0.15) is 23.5 Å². The molecule has 5 aromatic rings. The number of para-hydroxylation sites is 1. The third-order valence-corrected chi connectivity index (χ3v) is 15.7. The van der Waals surface area contributed by atoms with E-state index in [0.29, 0.717) is 27.2 Å². The van der Waals surface area contributed by atoms with Crippen LogP contribution in [0.25, 0.3) is 0 Å². The van der Waals surface area contributed by atoms with Crippen LogP contribution in [0.5, 0.6) is 5.75 Å². The average Bonchev–Trinajstić information content (AvgIpc) is 3.15. The fraction of sp³-hybridized carbons (Fsp3) is 0.154. The van der Waals surface area contributed by atoms with E-state index in [2.05, 4.69) is 0 Å². The SMILES string of the molecule is COc1ccc(C(C(=O)O)C2CC(=O)N2CP(C(=O)OCc2ccccc2[N+](=O)[O-])(c2ccccc2)(c2ccccc2)c2ccccc2)cc1. The molecule has 254 valence electrons. The van der Waals surface area contributed by atoms with Crippen LogP contribution in [0.4, 0.5) is 10.5 Å². The van der Waals surface area contributed by atoms with E-state index in [-0.39, 0.29) is 29.9 Å². The molecule has 0 radical (unpaired) electrons. The molecule has 1 amide bonds. The molecule has 5 aromatic carbocycles. The van der Waals surface area contributed by atoms with Crippen molar-refractivity contribution in [3.63, 3.8) is 0 Å². The molecule has 2 atom stereocenters. The fourth-order valence-electron chi connectivity index (χ4n) is 7.04. The van der Waals surface area contributed by atoms with Gasteiger partial charge < -0.3 is 0 Å². The number of carboxylic acids is 1. The summed E-state index contributed by atoms with van der Waals surface area (Å²) in [5.74, 6) is -1.97. The van der Waals surface area contributed by atoms with Gasteiger partial charge in [-0.15, -0.1) is 0 Å². The van der Waals surface area contributed by atoms with E-state index in [1.807, 2.05) is 91.0 Å². The molecule has 0 bridgehead atoms. The Hall–Kier alpha value is -5.86. The molecule has 0 aromatic heterocycles. The van der Waals surface area contributed by atoms with Crippen LogP contribution in [-0.4, -0.2) is 52.0 Å². The average molecular weight is 691 g/mol. The first-order valence-corrected chi connectivity index (χ1v) is 18.4. The summed E-state index contributed by atoms with van der Waals surface area (Å²) in [6.07, 6.45) is -0.234. The molecule has 50 heavy (non-hydrogen) atoms. The minimum absolute atomic E-state index is 0.0425. The van der Waals surface area contributed by atoms with Crippen LogP contribution < -0.4 is 20.7 Å². The number of carboxylic acid groups (broad SMARTS) is 1. The number of nitrogens with zero attached hydrogens (tertiary/aromatic N) is 2. The topological polar surface area (TPSA) is 136 Å². The first-order chi connectivity index (χ1) is 24.2. The molecule has 1 saturated heterocycles. The van der Waals surface area contributed by atoms with Crippen LogP contribution in [0.2, 0.25) is 0 Å². The van der Waals surface area contributed by atoms with Crippen molar-refractivity contribution in [2.75, 3.05) is 13.4 Å². The Morgan fingerprint density at radius 1 is 0.820 bits per heavy atom. The van der Waals surface area contributed by atoms with Gasteiger partial charge in [0.2, 0.25) is 0 Å². The summed E-state index contributed by atoms with van der Waals surface area (Å²) in [7, 11) is 1.52. The van der Waals surface area contributed by atoms with Crippen LogP contribution in [0, 0.1) is 10.1 Å². The standard InChI is InChI=1S/C39H35N2O8P/c1-48-30-23-21-28(22-24-30)37(38(43)44)35-25-36(42)40(35)27-50(31-14-5-2-6-15-31,32-16-7-3-8-17-32,33-18-9-4-10-19-33)39(45)49-26-29-13-11-12-20-34(29)41(46)47/h2-24,35,37H,25-27H2,1H3,(H,43,44). The van der Waals surface area contributed by atoms with Crippen molar-refractivity contribution in [3.8, 4) is 5.75 Å². The summed E-state index contributed by atoms with van der Waals surface area (Å²) in [6.45, 7) is -5.07. The molecule has 0 saturated carbocycles. The van der Waals surface area contributed by atoms with Gasteiger partial charge in [-0.25, -0.2) is 0 Å². The van der Waals surface area contributed by atoms with Crippen molar-refractivity contribution in [2.45, 2.75) is 25.0 Å². The number of aliphatic carboxylic acids is 1. The molecular weight excluding hydrogens is 655 g/mol. The van der Waals surface area contributed by atoms with Crippen molar-refractivity contribution >= 4 is 45.8 Å². The second-order valence-electron chi connectivity index (χ2n) is 12.1. The van der Waals surface area contributed by atoms with E-state index in [0.717, 1.165) is 0 Å². The van der Waals surface area contributed by atoms with Gasteiger partial charge in [-0.1, -0.05) is 0 Å². The number of rotatable bonds is 13. The van der Waals surface area contributed by atoms with Gasteiger partial charge in [-0.05, 0) is 0 Å². The zero-order valence-corrected chi connectivity index (χ0v) is 28.1. The zero-order chi connectivity index (χ0) is 35.3. The third kappa shape index (κ3) is 5.67. The predicted octanol–water partition coefficient (Wildman–Crippen LogP) is 6.20. The number of benzene rings is 5. The Morgan fingerprint density at radius 2 is 1.32 bits per heavy atom. The Bertz CT molecular complexity index is 1920. The molecule has 0 aliphatic carbocycles. The Kier molecular flexibility index (Phi) is 9.48. The number of methoxy groups -OCH3 is 1. The molecule has 1 aliphatic rings. The monoisotopic (exact) mass is 690 g/mol. The van der Waals surface area contributed by atoms with E-state index in [1.165, 1.54) is 24.1 Å². The van der Waals surface area contributed by atoms with E-state index < -0.39 is 41.8 Å². The summed E-state index contributed by atoms with van der Waals surface area (Å²) in [6, 6.07) is 39.3. The summed E-state index contributed by atoms with van der Waals surface area (Å²) >= 11 is 0. The van der Waals surface area contributed by atoms with Crippen molar-refractivity contribution in [1.82, 2.24) is 4.90 Å². The molecule has 2 unspecified atom stereocenters. The van der Waals surface area contributed by atoms with Crippen molar-refractivity contribution in [2.24, 2.45) is 0 Å². The quantitative estimate of drug-likeness (QED) is 0.0668. The van der Waals surface area contributed by atoms with E-state index in [4.69, 9.17) is 9.47 Å². The summed E-state index contributed by atoms with van der Waals surface area (Å²) in [5.41, 5.74) is -0.159. The molecule has 1 heterocycles. The molecule has 1 aliphatic heterocycles. The van der Waals surface area contributed by atoms with E-state index in [9.17, 15) is 24.8 Å². The van der Waals surface area contributed by atoms with Gasteiger partial charge in [0, 0.05) is 0 Å². The first-order valence-electron chi connectivity index (χ1n) is 15.9. The molecule has 1 fully saturated rings. The van der Waals surface area contributed by atoms with E-state index >= 15 is 4.79 Å². The predicted molar refractivity (Wildman–Crippen MR) is 192 cm³/mol. The molecule has 6 rings (SSSR count). The number of nitro groups is 1. The number of amides is 1. The van der Waals surface area contributed by atoms with E-state index in [1.54, 1.807) is 36.4 Å². The molecule has 1 N–H and O–H groups in total. The number of ether oxygens (including phenoxy) is 2. The normalized spacial score (nSPS) is 15.5. The number of hydrogen-bond acceptors (Lipinski definition) is 7. The van der Waals surface area contributed by atoms with Gasteiger partial charge in [0.25, 0.3) is 0 Å². The number of nitro benzene ring substituents is 1. The van der Waals surface area contributed by atoms with Gasteiger partial charge in [0.15, 0.2) is 0 Å².